The highest BCUT2D eigenvalue weighted by atomic mass is 16.6. The Morgan fingerprint density at radius 1 is 1.20 bits per heavy atom. The van der Waals surface area contributed by atoms with Crippen LogP contribution >= 0.6 is 0 Å². The van der Waals surface area contributed by atoms with E-state index in [2.05, 4.69) is 12.5 Å². The summed E-state index contributed by atoms with van der Waals surface area (Å²) in [5.74, 6) is 2.32. The maximum Gasteiger partial charge on any atom is 0.341 e. The molecule has 110 valence electrons. The van der Waals surface area contributed by atoms with Crippen molar-refractivity contribution in [3.8, 4) is 12.3 Å². The molecule has 20 heavy (non-hydrogen) atoms. The lowest BCUT2D eigenvalue weighted by Crippen LogP contribution is -2.07. The fourth-order valence-corrected chi connectivity index (χ4v) is 2.23. The molecule has 0 aromatic carbocycles. The van der Waals surface area contributed by atoms with Gasteiger partial charge in [-0.2, -0.15) is 0 Å². The summed E-state index contributed by atoms with van der Waals surface area (Å²) < 4.78 is 4.76. The van der Waals surface area contributed by atoms with E-state index in [9.17, 15) is 9.90 Å². The van der Waals surface area contributed by atoms with Crippen molar-refractivity contribution in [2.24, 2.45) is 0 Å². The Bertz CT molecular complexity index is 401. The summed E-state index contributed by atoms with van der Waals surface area (Å²) in [4.78, 5) is 11.4. The Morgan fingerprint density at radius 2 is 1.80 bits per heavy atom. The van der Waals surface area contributed by atoms with E-state index in [1.54, 1.807) is 6.08 Å². The van der Waals surface area contributed by atoms with Gasteiger partial charge in [0.15, 0.2) is 0 Å². The van der Waals surface area contributed by atoms with Gasteiger partial charge < -0.3 is 9.84 Å². The van der Waals surface area contributed by atoms with Gasteiger partial charge in [0.05, 0.1) is 5.57 Å². The van der Waals surface area contributed by atoms with Crippen LogP contribution in [-0.2, 0) is 9.53 Å². The van der Waals surface area contributed by atoms with Crippen molar-refractivity contribution in [1.82, 2.24) is 0 Å². The van der Waals surface area contributed by atoms with Crippen LogP contribution in [0.15, 0.2) is 24.0 Å². The van der Waals surface area contributed by atoms with Gasteiger partial charge >= 0.3 is 5.97 Å². The average molecular weight is 276 g/mol. The van der Waals surface area contributed by atoms with Gasteiger partial charge in [-0.05, 0) is 19.3 Å². The number of carbonyl (C=O) groups excluding carboxylic acids is 1. The second-order valence-electron chi connectivity index (χ2n) is 5.14. The molecule has 0 aromatic heterocycles. The monoisotopic (exact) mass is 276 g/mol. The summed E-state index contributed by atoms with van der Waals surface area (Å²) >= 11 is 0. The molecule has 1 N–H and O–H groups in total. The molecular weight excluding hydrogens is 252 g/mol. The van der Waals surface area contributed by atoms with E-state index in [4.69, 9.17) is 11.2 Å². The molecular formula is C17H24O3. The first-order valence-corrected chi connectivity index (χ1v) is 7.39. The third-order valence-corrected chi connectivity index (χ3v) is 3.45. The zero-order chi connectivity index (χ0) is 14.8. The molecule has 0 aliphatic carbocycles. The number of aliphatic hydroxyl groups excluding tert-OH is 1. The van der Waals surface area contributed by atoms with Crippen LogP contribution in [0.4, 0.5) is 0 Å². The van der Waals surface area contributed by atoms with Crippen molar-refractivity contribution in [2.45, 2.75) is 63.9 Å². The fourth-order valence-electron chi connectivity index (χ4n) is 2.23. The fraction of sp³-hybridized carbons (Fsp3) is 0.588. The van der Waals surface area contributed by atoms with Crippen LogP contribution in [0, 0.1) is 12.3 Å². The largest absolute Gasteiger partial charge is 0.425 e. The van der Waals surface area contributed by atoms with Crippen molar-refractivity contribution >= 4 is 5.97 Å². The minimum absolute atomic E-state index is 0.133. The van der Waals surface area contributed by atoms with Gasteiger partial charge in [0.25, 0.3) is 0 Å². The predicted octanol–water partition coefficient (Wildman–Crippen LogP) is 3.49. The molecule has 0 spiro atoms. The molecule has 1 aliphatic heterocycles. The van der Waals surface area contributed by atoms with Crippen molar-refractivity contribution in [1.29, 1.82) is 0 Å². The second-order valence-corrected chi connectivity index (χ2v) is 5.14. The summed E-state index contributed by atoms with van der Waals surface area (Å²) in [5.41, 5.74) is 0.337. The van der Waals surface area contributed by atoms with Crippen LogP contribution in [0.2, 0.25) is 0 Å². The first kappa shape index (κ1) is 16.5. The molecule has 0 amide bonds. The van der Waals surface area contributed by atoms with E-state index in [0.29, 0.717) is 5.57 Å². The molecule has 3 nitrogen and oxygen atoms in total. The Morgan fingerprint density at radius 3 is 2.35 bits per heavy atom. The molecule has 1 unspecified atom stereocenters. The number of aliphatic hydroxyl groups is 1. The van der Waals surface area contributed by atoms with Crippen molar-refractivity contribution in [3.63, 3.8) is 0 Å². The summed E-state index contributed by atoms with van der Waals surface area (Å²) in [6.07, 6.45) is 15.9. The third-order valence-electron chi connectivity index (χ3n) is 3.45. The van der Waals surface area contributed by atoms with Crippen LogP contribution in [0.1, 0.15) is 57.8 Å². The number of terminal acetylenes is 1. The number of allylic oxidation sites excluding steroid dienone is 1. The van der Waals surface area contributed by atoms with Gasteiger partial charge in [-0.1, -0.05) is 44.8 Å². The maximum absolute atomic E-state index is 11.4. The zero-order valence-electron chi connectivity index (χ0n) is 12.1. The van der Waals surface area contributed by atoms with Gasteiger partial charge in [0.1, 0.15) is 11.9 Å². The molecule has 1 rings (SSSR count). The number of carbonyl (C=O) groups is 1. The first-order valence-electron chi connectivity index (χ1n) is 7.39. The normalized spacial score (nSPS) is 20.2. The summed E-state index contributed by atoms with van der Waals surface area (Å²) in [5, 5.41) is 9.64. The number of esters is 1. The Labute approximate surface area is 121 Å². The lowest BCUT2D eigenvalue weighted by atomic mass is 10.1. The molecule has 0 aromatic rings. The van der Waals surface area contributed by atoms with E-state index in [1.807, 2.05) is 0 Å². The highest BCUT2D eigenvalue weighted by molar-refractivity contribution is 5.93. The van der Waals surface area contributed by atoms with Gasteiger partial charge in [-0.25, -0.2) is 4.79 Å². The van der Waals surface area contributed by atoms with Crippen LogP contribution in [0.25, 0.3) is 0 Å². The van der Waals surface area contributed by atoms with E-state index in [0.717, 1.165) is 32.1 Å². The highest BCUT2D eigenvalue weighted by Gasteiger charge is 2.32. The summed E-state index contributed by atoms with van der Waals surface area (Å²) in [6.45, 7) is 3.49. The van der Waals surface area contributed by atoms with Gasteiger partial charge in [0, 0.05) is 6.42 Å². The van der Waals surface area contributed by atoms with Gasteiger partial charge in [-0.3, -0.25) is 0 Å². The molecule has 3 heteroatoms. The lowest BCUT2D eigenvalue weighted by Gasteiger charge is -2.01. The average Bonchev–Trinajstić information content (AvgIpc) is 2.67. The standard InChI is InChI=1S/C17H24O3/c1-3-4-5-6-7-8-9-10-11-12-13-15-16(18)14(2)20-17(15)19/h1,13,16,18H,2,4-12H2. The molecule has 0 bridgehead atoms. The first-order chi connectivity index (χ1) is 9.66. The molecule has 1 aliphatic rings. The van der Waals surface area contributed by atoms with Crippen LogP contribution in [0.5, 0.6) is 0 Å². The topological polar surface area (TPSA) is 46.5 Å². The Kier molecular flexibility index (Phi) is 7.75. The Hall–Kier alpha value is -1.53. The van der Waals surface area contributed by atoms with E-state index < -0.39 is 12.1 Å². The number of rotatable bonds is 9. The molecule has 1 heterocycles. The van der Waals surface area contributed by atoms with E-state index in [1.165, 1.54) is 25.7 Å². The maximum atomic E-state index is 11.4. The Balaban J connectivity index is 2.04. The minimum Gasteiger partial charge on any atom is -0.425 e. The molecule has 1 atom stereocenters. The van der Waals surface area contributed by atoms with Crippen LogP contribution < -0.4 is 0 Å². The number of hydrogen-bond donors (Lipinski definition) is 1. The third kappa shape index (κ3) is 5.63. The molecule has 1 saturated heterocycles. The summed E-state index contributed by atoms with van der Waals surface area (Å²) in [7, 11) is 0. The van der Waals surface area contributed by atoms with Gasteiger partial charge in [-0.15, -0.1) is 12.3 Å². The lowest BCUT2D eigenvalue weighted by molar-refractivity contribution is -0.132. The smallest absolute Gasteiger partial charge is 0.341 e. The zero-order valence-corrected chi connectivity index (χ0v) is 12.1. The molecule has 1 fully saturated rings. The minimum atomic E-state index is -0.946. The van der Waals surface area contributed by atoms with Gasteiger partial charge in [0.2, 0.25) is 0 Å². The quantitative estimate of drug-likeness (QED) is 0.303. The van der Waals surface area contributed by atoms with E-state index >= 15 is 0 Å². The summed E-state index contributed by atoms with van der Waals surface area (Å²) in [6, 6.07) is 0. The molecule has 0 radical (unpaired) electrons. The highest BCUT2D eigenvalue weighted by Crippen LogP contribution is 2.23. The second kappa shape index (κ2) is 9.39. The van der Waals surface area contributed by atoms with Crippen molar-refractivity contribution < 1.29 is 14.6 Å². The number of cyclic esters (lactones) is 1. The SMILES string of the molecule is C#CCCCCCCCCCC=C1C(=O)OC(=C)C1O. The number of hydrogen-bond acceptors (Lipinski definition) is 3. The number of ether oxygens (including phenoxy) is 1. The predicted molar refractivity (Wildman–Crippen MR) is 79.7 cm³/mol. The number of unbranched alkanes of at least 4 members (excludes halogenated alkanes) is 8. The van der Waals surface area contributed by atoms with Crippen molar-refractivity contribution in [2.75, 3.05) is 0 Å². The van der Waals surface area contributed by atoms with E-state index in [-0.39, 0.29) is 5.76 Å². The molecule has 0 saturated carbocycles. The van der Waals surface area contributed by atoms with Crippen LogP contribution in [0.3, 0.4) is 0 Å². The van der Waals surface area contributed by atoms with Crippen molar-refractivity contribution in [3.05, 3.63) is 24.0 Å². The van der Waals surface area contributed by atoms with Crippen LogP contribution in [-0.4, -0.2) is 17.2 Å².